The normalized spacial score (nSPS) is 10.0. The van der Waals surface area contributed by atoms with Crippen molar-refractivity contribution in [2.75, 3.05) is 18.6 Å². The van der Waals surface area contributed by atoms with Gasteiger partial charge in [0.15, 0.2) is 0 Å². The predicted octanol–water partition coefficient (Wildman–Crippen LogP) is 2.89. The second-order valence-electron chi connectivity index (χ2n) is 2.79. The third-order valence-electron chi connectivity index (χ3n) is 1.72. The van der Waals surface area contributed by atoms with E-state index in [1.807, 2.05) is 6.26 Å². The molecular formula is C10H11BrO3S. The molecule has 0 unspecified atom stereocenters. The number of hydrogen-bond donors (Lipinski definition) is 1. The van der Waals surface area contributed by atoms with E-state index in [1.165, 1.54) is 6.07 Å². The van der Waals surface area contributed by atoms with Gasteiger partial charge in [-0.1, -0.05) is 0 Å². The molecule has 1 N–H and O–H groups in total. The van der Waals surface area contributed by atoms with Crippen molar-refractivity contribution < 1.29 is 14.6 Å². The van der Waals surface area contributed by atoms with Crippen LogP contribution in [-0.4, -0.2) is 29.7 Å². The number of hydrogen-bond acceptors (Lipinski definition) is 3. The first-order valence-electron chi connectivity index (χ1n) is 4.29. The molecule has 0 atom stereocenters. The second-order valence-corrected chi connectivity index (χ2v) is 4.63. The van der Waals surface area contributed by atoms with Gasteiger partial charge in [-0.05, 0) is 40.4 Å². The number of carboxylic acid groups (broad SMARTS) is 1. The first-order chi connectivity index (χ1) is 7.15. The number of halogens is 1. The molecule has 0 saturated heterocycles. The topological polar surface area (TPSA) is 46.5 Å². The minimum Gasteiger partial charge on any atom is -0.493 e. The van der Waals surface area contributed by atoms with Crippen LogP contribution in [0.25, 0.3) is 0 Å². The van der Waals surface area contributed by atoms with Gasteiger partial charge >= 0.3 is 5.97 Å². The van der Waals surface area contributed by atoms with Crippen LogP contribution in [0.15, 0.2) is 22.7 Å². The Hall–Kier alpha value is -0.680. The Morgan fingerprint density at radius 2 is 2.33 bits per heavy atom. The highest BCUT2D eigenvalue weighted by molar-refractivity contribution is 9.10. The van der Waals surface area contributed by atoms with E-state index in [4.69, 9.17) is 9.84 Å². The number of aromatic carboxylic acids is 1. The lowest BCUT2D eigenvalue weighted by Gasteiger charge is -2.06. The number of rotatable bonds is 5. The lowest BCUT2D eigenvalue weighted by molar-refractivity contribution is 0.0695. The first-order valence-corrected chi connectivity index (χ1v) is 6.48. The lowest BCUT2D eigenvalue weighted by Crippen LogP contribution is -2.02. The molecular weight excluding hydrogens is 280 g/mol. The molecule has 0 aliphatic rings. The van der Waals surface area contributed by atoms with Gasteiger partial charge in [-0.15, -0.1) is 0 Å². The Labute approximate surface area is 101 Å². The van der Waals surface area contributed by atoms with Crippen LogP contribution in [-0.2, 0) is 0 Å². The molecule has 0 radical (unpaired) electrons. The highest BCUT2D eigenvalue weighted by Gasteiger charge is 2.09. The highest BCUT2D eigenvalue weighted by atomic mass is 79.9. The molecule has 0 heterocycles. The van der Waals surface area contributed by atoms with Crippen molar-refractivity contribution in [1.82, 2.24) is 0 Å². The lowest BCUT2D eigenvalue weighted by atomic mass is 10.2. The van der Waals surface area contributed by atoms with Crippen molar-refractivity contribution in [3.63, 3.8) is 0 Å². The summed E-state index contributed by atoms with van der Waals surface area (Å²) in [5, 5.41) is 8.87. The molecule has 0 amide bonds. The maximum Gasteiger partial charge on any atom is 0.336 e. The molecule has 1 aromatic rings. The van der Waals surface area contributed by atoms with Crippen molar-refractivity contribution in [2.45, 2.75) is 0 Å². The van der Waals surface area contributed by atoms with E-state index in [9.17, 15) is 4.79 Å². The molecule has 3 nitrogen and oxygen atoms in total. The minimum absolute atomic E-state index is 0.219. The number of carbonyl (C=O) groups is 1. The summed E-state index contributed by atoms with van der Waals surface area (Å²) in [5.74, 6) is 0.514. The van der Waals surface area contributed by atoms with E-state index in [0.29, 0.717) is 16.8 Å². The zero-order chi connectivity index (χ0) is 11.3. The molecule has 0 bridgehead atoms. The Bertz CT molecular complexity index is 355. The van der Waals surface area contributed by atoms with Crippen molar-refractivity contribution in [2.24, 2.45) is 0 Å². The standard InChI is InChI=1S/C10H11BrO3S/c1-15-5-4-14-7-2-3-9(11)8(6-7)10(12)13/h2-3,6H,4-5H2,1H3,(H,12,13). The maximum atomic E-state index is 10.8. The van der Waals surface area contributed by atoms with Crippen LogP contribution in [0.4, 0.5) is 0 Å². The second kappa shape index (κ2) is 6.02. The molecule has 5 heteroatoms. The summed E-state index contributed by atoms with van der Waals surface area (Å²) in [4.78, 5) is 10.8. The van der Waals surface area contributed by atoms with E-state index in [1.54, 1.807) is 23.9 Å². The Morgan fingerprint density at radius 1 is 1.60 bits per heavy atom. The maximum absolute atomic E-state index is 10.8. The van der Waals surface area contributed by atoms with Gasteiger partial charge in [0.2, 0.25) is 0 Å². The molecule has 0 fully saturated rings. The smallest absolute Gasteiger partial charge is 0.336 e. The molecule has 82 valence electrons. The quantitative estimate of drug-likeness (QED) is 0.847. The summed E-state index contributed by atoms with van der Waals surface area (Å²) < 4.78 is 5.95. The molecule has 0 spiro atoms. The van der Waals surface area contributed by atoms with Crippen LogP contribution < -0.4 is 4.74 Å². The molecule has 0 aromatic heterocycles. The van der Waals surface area contributed by atoms with E-state index in [2.05, 4.69) is 15.9 Å². The van der Waals surface area contributed by atoms with Gasteiger partial charge in [-0.3, -0.25) is 0 Å². The minimum atomic E-state index is -0.961. The van der Waals surface area contributed by atoms with Gasteiger partial charge < -0.3 is 9.84 Å². The molecule has 0 aliphatic heterocycles. The average molecular weight is 291 g/mol. The first kappa shape index (κ1) is 12.4. The highest BCUT2D eigenvalue weighted by Crippen LogP contribution is 2.22. The number of carboxylic acids is 1. The Morgan fingerprint density at radius 3 is 2.93 bits per heavy atom. The van der Waals surface area contributed by atoms with Crippen LogP contribution in [0.2, 0.25) is 0 Å². The van der Waals surface area contributed by atoms with Crippen molar-refractivity contribution in [3.05, 3.63) is 28.2 Å². The van der Waals surface area contributed by atoms with Gasteiger partial charge in [0.05, 0.1) is 12.2 Å². The molecule has 0 aliphatic carbocycles. The van der Waals surface area contributed by atoms with Gasteiger partial charge in [0, 0.05) is 10.2 Å². The van der Waals surface area contributed by atoms with Crippen LogP contribution in [0.1, 0.15) is 10.4 Å². The summed E-state index contributed by atoms with van der Waals surface area (Å²) >= 11 is 4.86. The van der Waals surface area contributed by atoms with Gasteiger partial charge in [0.1, 0.15) is 5.75 Å². The van der Waals surface area contributed by atoms with Crippen LogP contribution >= 0.6 is 27.7 Å². The number of ether oxygens (including phenoxy) is 1. The van der Waals surface area contributed by atoms with E-state index >= 15 is 0 Å². The summed E-state index contributed by atoms with van der Waals surface area (Å²) in [6, 6.07) is 4.95. The Kier molecular flexibility index (Phi) is 4.98. The largest absolute Gasteiger partial charge is 0.493 e. The zero-order valence-corrected chi connectivity index (χ0v) is 10.6. The van der Waals surface area contributed by atoms with Gasteiger partial charge in [-0.25, -0.2) is 4.79 Å². The monoisotopic (exact) mass is 290 g/mol. The zero-order valence-electron chi connectivity index (χ0n) is 8.20. The van der Waals surface area contributed by atoms with Crippen LogP contribution in [0.5, 0.6) is 5.75 Å². The fraction of sp³-hybridized carbons (Fsp3) is 0.300. The van der Waals surface area contributed by atoms with Crippen molar-refractivity contribution in [3.8, 4) is 5.75 Å². The molecule has 1 rings (SSSR count). The SMILES string of the molecule is CSCCOc1ccc(Br)c(C(=O)O)c1. The van der Waals surface area contributed by atoms with E-state index in [-0.39, 0.29) is 5.56 Å². The summed E-state index contributed by atoms with van der Waals surface area (Å²) in [5.41, 5.74) is 0.219. The van der Waals surface area contributed by atoms with Crippen molar-refractivity contribution >= 4 is 33.7 Å². The van der Waals surface area contributed by atoms with Crippen LogP contribution in [0, 0.1) is 0 Å². The third kappa shape index (κ3) is 3.76. The fourth-order valence-electron chi connectivity index (χ4n) is 1.00. The van der Waals surface area contributed by atoms with E-state index < -0.39 is 5.97 Å². The summed E-state index contributed by atoms with van der Waals surface area (Å²) in [7, 11) is 0. The van der Waals surface area contributed by atoms with Crippen LogP contribution in [0.3, 0.4) is 0 Å². The molecule has 0 saturated carbocycles. The fourth-order valence-corrected chi connectivity index (χ4v) is 1.67. The third-order valence-corrected chi connectivity index (χ3v) is 2.99. The Balaban J connectivity index is 2.74. The predicted molar refractivity (Wildman–Crippen MR) is 65.0 cm³/mol. The number of thioether (sulfide) groups is 1. The summed E-state index contributed by atoms with van der Waals surface area (Å²) in [6.45, 7) is 0.585. The van der Waals surface area contributed by atoms with Gasteiger partial charge in [0.25, 0.3) is 0 Å². The summed E-state index contributed by atoms with van der Waals surface area (Å²) in [6.07, 6.45) is 1.99. The number of benzene rings is 1. The average Bonchev–Trinajstić information content (AvgIpc) is 2.20. The molecule has 15 heavy (non-hydrogen) atoms. The van der Waals surface area contributed by atoms with Gasteiger partial charge in [-0.2, -0.15) is 11.8 Å². The molecule has 1 aromatic carbocycles. The van der Waals surface area contributed by atoms with E-state index in [0.717, 1.165) is 5.75 Å². The van der Waals surface area contributed by atoms with Crippen molar-refractivity contribution in [1.29, 1.82) is 0 Å².